The van der Waals surface area contributed by atoms with Gasteiger partial charge in [0, 0.05) is 10.2 Å². The Hall–Kier alpha value is -1.56. The third-order valence-electron chi connectivity index (χ3n) is 2.71. The van der Waals surface area contributed by atoms with E-state index in [1.807, 2.05) is 19.1 Å². The molecule has 2 amide bonds. The molecule has 5 nitrogen and oxygen atoms in total. The Morgan fingerprint density at radius 2 is 2.05 bits per heavy atom. The Labute approximate surface area is 120 Å². The minimum absolute atomic E-state index is 0.337. The second-order valence-corrected chi connectivity index (χ2v) is 4.97. The molecular weight excluding hydrogens is 312 g/mol. The first kappa shape index (κ1) is 15.5. The van der Waals surface area contributed by atoms with Crippen molar-refractivity contribution in [3.63, 3.8) is 0 Å². The van der Waals surface area contributed by atoms with Crippen molar-refractivity contribution in [1.29, 1.82) is 0 Å². The van der Waals surface area contributed by atoms with Crippen LogP contribution in [0.4, 0.5) is 10.5 Å². The summed E-state index contributed by atoms with van der Waals surface area (Å²) in [5, 5.41) is 14.0. The minimum Gasteiger partial charge on any atom is -0.480 e. The second kappa shape index (κ2) is 7.13. The van der Waals surface area contributed by atoms with Gasteiger partial charge in [-0.2, -0.15) is 0 Å². The van der Waals surface area contributed by atoms with Crippen molar-refractivity contribution in [1.82, 2.24) is 5.32 Å². The third-order valence-corrected chi connectivity index (χ3v) is 3.20. The Morgan fingerprint density at radius 3 is 2.58 bits per heavy atom. The van der Waals surface area contributed by atoms with Crippen LogP contribution in [0, 0.1) is 0 Å². The standard InChI is InChI=1S/C13H17BrN2O3/c1-3-8-7-9(14)5-6-11(8)16-13(19)15-10(4-2)12(17)18/h5-7,10H,3-4H2,1-2H3,(H,17,18)(H2,15,16,19)/t10-/m0/s1. The van der Waals surface area contributed by atoms with Gasteiger partial charge in [0.2, 0.25) is 0 Å². The van der Waals surface area contributed by atoms with Gasteiger partial charge in [-0.1, -0.05) is 29.8 Å². The molecule has 19 heavy (non-hydrogen) atoms. The number of hydrogen-bond donors (Lipinski definition) is 3. The molecule has 6 heteroatoms. The summed E-state index contributed by atoms with van der Waals surface area (Å²) in [5.41, 5.74) is 1.66. The predicted octanol–water partition coefficient (Wildman–Crippen LogP) is 3.00. The van der Waals surface area contributed by atoms with Crippen LogP contribution in [0.2, 0.25) is 0 Å². The lowest BCUT2D eigenvalue weighted by Crippen LogP contribution is -2.42. The third kappa shape index (κ3) is 4.55. The van der Waals surface area contributed by atoms with E-state index in [1.54, 1.807) is 13.0 Å². The number of carbonyl (C=O) groups is 2. The van der Waals surface area contributed by atoms with E-state index in [9.17, 15) is 9.59 Å². The van der Waals surface area contributed by atoms with Crippen molar-refractivity contribution in [2.75, 3.05) is 5.32 Å². The predicted molar refractivity (Wildman–Crippen MR) is 77.4 cm³/mol. The number of carbonyl (C=O) groups excluding carboxylic acids is 1. The van der Waals surface area contributed by atoms with Gasteiger partial charge in [0.1, 0.15) is 6.04 Å². The molecule has 0 unspecified atom stereocenters. The van der Waals surface area contributed by atoms with E-state index in [1.165, 1.54) is 0 Å². The molecule has 0 bridgehead atoms. The highest BCUT2D eigenvalue weighted by Crippen LogP contribution is 2.21. The molecule has 1 rings (SSSR count). The molecule has 0 spiro atoms. The van der Waals surface area contributed by atoms with Crippen LogP contribution in [0.25, 0.3) is 0 Å². The van der Waals surface area contributed by atoms with Crippen LogP contribution in [0.15, 0.2) is 22.7 Å². The fraction of sp³-hybridized carbons (Fsp3) is 0.385. The molecule has 0 aromatic heterocycles. The Morgan fingerprint density at radius 1 is 1.37 bits per heavy atom. The maximum absolute atomic E-state index is 11.7. The average Bonchev–Trinajstić information content (AvgIpc) is 2.37. The summed E-state index contributed by atoms with van der Waals surface area (Å²) in [4.78, 5) is 22.6. The summed E-state index contributed by atoms with van der Waals surface area (Å²) >= 11 is 3.37. The van der Waals surface area contributed by atoms with E-state index in [0.717, 1.165) is 16.5 Å². The lowest BCUT2D eigenvalue weighted by molar-refractivity contribution is -0.139. The minimum atomic E-state index is -1.04. The lowest BCUT2D eigenvalue weighted by atomic mass is 10.1. The molecule has 1 aromatic rings. The highest BCUT2D eigenvalue weighted by molar-refractivity contribution is 9.10. The molecule has 1 aromatic carbocycles. The summed E-state index contributed by atoms with van der Waals surface area (Å²) in [5.74, 6) is -1.04. The zero-order valence-electron chi connectivity index (χ0n) is 10.9. The lowest BCUT2D eigenvalue weighted by Gasteiger charge is -2.15. The van der Waals surface area contributed by atoms with E-state index in [2.05, 4.69) is 26.6 Å². The van der Waals surface area contributed by atoms with Gasteiger partial charge in [-0.15, -0.1) is 0 Å². The number of carboxylic acid groups (broad SMARTS) is 1. The van der Waals surface area contributed by atoms with Crippen LogP contribution in [0.1, 0.15) is 25.8 Å². The summed E-state index contributed by atoms with van der Waals surface area (Å²) in [6.45, 7) is 3.69. The normalized spacial score (nSPS) is 11.7. The summed E-state index contributed by atoms with van der Waals surface area (Å²) in [7, 11) is 0. The Bertz CT molecular complexity index is 477. The van der Waals surface area contributed by atoms with Crippen LogP contribution in [0.3, 0.4) is 0 Å². The summed E-state index contributed by atoms with van der Waals surface area (Å²) < 4.78 is 0.937. The van der Waals surface area contributed by atoms with Gasteiger partial charge in [0.05, 0.1) is 0 Å². The molecule has 3 N–H and O–H groups in total. The monoisotopic (exact) mass is 328 g/mol. The number of halogens is 1. The molecular formula is C13H17BrN2O3. The van der Waals surface area contributed by atoms with Crippen LogP contribution in [-0.4, -0.2) is 23.1 Å². The number of amides is 2. The molecule has 0 fully saturated rings. The quantitative estimate of drug-likeness (QED) is 0.777. The van der Waals surface area contributed by atoms with E-state index >= 15 is 0 Å². The van der Waals surface area contributed by atoms with Crippen LogP contribution < -0.4 is 10.6 Å². The molecule has 0 heterocycles. The maximum atomic E-state index is 11.7. The molecule has 0 saturated carbocycles. The fourth-order valence-electron chi connectivity index (χ4n) is 1.63. The number of aliphatic carboxylic acids is 1. The topological polar surface area (TPSA) is 78.4 Å². The molecule has 0 aliphatic heterocycles. The largest absolute Gasteiger partial charge is 0.480 e. The molecule has 0 radical (unpaired) electrons. The SMILES string of the molecule is CCc1cc(Br)ccc1NC(=O)N[C@@H](CC)C(=O)O. The first-order valence-corrected chi connectivity index (χ1v) is 6.86. The first-order chi connectivity index (χ1) is 8.97. The zero-order valence-corrected chi connectivity index (χ0v) is 12.5. The fourth-order valence-corrected chi connectivity index (χ4v) is 2.04. The maximum Gasteiger partial charge on any atom is 0.326 e. The van der Waals surface area contributed by atoms with Crippen molar-refractivity contribution in [2.24, 2.45) is 0 Å². The number of hydrogen-bond acceptors (Lipinski definition) is 2. The number of urea groups is 1. The highest BCUT2D eigenvalue weighted by Gasteiger charge is 2.17. The van der Waals surface area contributed by atoms with Gasteiger partial charge < -0.3 is 15.7 Å². The van der Waals surface area contributed by atoms with Crippen molar-refractivity contribution in [3.05, 3.63) is 28.2 Å². The van der Waals surface area contributed by atoms with Crippen molar-refractivity contribution >= 4 is 33.6 Å². The van der Waals surface area contributed by atoms with E-state index < -0.39 is 18.0 Å². The molecule has 1 atom stereocenters. The summed E-state index contributed by atoms with van der Waals surface area (Å²) in [6.07, 6.45) is 1.11. The van der Waals surface area contributed by atoms with E-state index in [-0.39, 0.29) is 0 Å². The second-order valence-electron chi connectivity index (χ2n) is 4.05. The average molecular weight is 329 g/mol. The molecule has 104 valence electrons. The number of benzene rings is 1. The Kier molecular flexibility index (Phi) is 5.82. The van der Waals surface area contributed by atoms with Crippen LogP contribution in [-0.2, 0) is 11.2 Å². The van der Waals surface area contributed by atoms with E-state index in [4.69, 9.17) is 5.11 Å². The first-order valence-electron chi connectivity index (χ1n) is 6.06. The van der Waals surface area contributed by atoms with Crippen LogP contribution in [0.5, 0.6) is 0 Å². The van der Waals surface area contributed by atoms with Gasteiger partial charge in [-0.25, -0.2) is 9.59 Å². The number of carboxylic acids is 1. The molecule has 0 aliphatic carbocycles. The van der Waals surface area contributed by atoms with Gasteiger partial charge >= 0.3 is 12.0 Å². The van der Waals surface area contributed by atoms with Gasteiger partial charge in [-0.05, 0) is 36.6 Å². The number of rotatable bonds is 5. The van der Waals surface area contributed by atoms with Crippen molar-refractivity contribution in [2.45, 2.75) is 32.7 Å². The van der Waals surface area contributed by atoms with E-state index in [0.29, 0.717) is 12.1 Å². The van der Waals surface area contributed by atoms with Gasteiger partial charge in [0.15, 0.2) is 0 Å². The highest BCUT2D eigenvalue weighted by atomic mass is 79.9. The molecule has 0 saturated heterocycles. The Balaban J connectivity index is 2.74. The summed E-state index contributed by atoms with van der Waals surface area (Å²) in [6, 6.07) is 4.14. The number of aryl methyl sites for hydroxylation is 1. The zero-order chi connectivity index (χ0) is 14.4. The molecule has 0 aliphatic rings. The van der Waals surface area contributed by atoms with Crippen molar-refractivity contribution in [3.8, 4) is 0 Å². The van der Waals surface area contributed by atoms with Crippen LogP contribution >= 0.6 is 15.9 Å². The van der Waals surface area contributed by atoms with Gasteiger partial charge in [0.25, 0.3) is 0 Å². The smallest absolute Gasteiger partial charge is 0.326 e. The number of nitrogens with one attached hydrogen (secondary N) is 2. The van der Waals surface area contributed by atoms with Gasteiger partial charge in [-0.3, -0.25) is 0 Å². The van der Waals surface area contributed by atoms with Crippen molar-refractivity contribution < 1.29 is 14.7 Å². The number of anilines is 1.